The molecule has 6 rings (SSSR count). The molecule has 1 N–H and O–H groups in total. The lowest BCUT2D eigenvalue weighted by Gasteiger charge is -2.47. The molecule has 0 aromatic heterocycles. The minimum atomic E-state index is -0.220. The molecule has 1 atom stereocenters. The molecule has 220 valence electrons. The second-order valence-corrected chi connectivity index (χ2v) is 12.4. The number of fused-ring (bicyclic) bond motifs is 1. The predicted molar refractivity (Wildman–Crippen MR) is 161 cm³/mol. The number of piperidine rings is 2. The van der Waals surface area contributed by atoms with Crippen LogP contribution in [0.2, 0.25) is 5.02 Å². The number of nitrogens with zero attached hydrogens (tertiary/aromatic N) is 2. The normalized spacial score (nSPS) is 19.9. The summed E-state index contributed by atoms with van der Waals surface area (Å²) < 4.78 is 19.9. The lowest BCUT2D eigenvalue weighted by Crippen LogP contribution is -2.48. The molecule has 2 fully saturated rings. The van der Waals surface area contributed by atoms with Gasteiger partial charge in [-0.15, -0.1) is 0 Å². The molecule has 2 aliphatic heterocycles. The summed E-state index contributed by atoms with van der Waals surface area (Å²) in [6, 6.07) is 17.8. The van der Waals surface area contributed by atoms with Crippen LogP contribution in [0.1, 0.15) is 75.6 Å². The van der Waals surface area contributed by atoms with Gasteiger partial charge in [0.15, 0.2) is 0 Å². The quantitative estimate of drug-likeness (QED) is 0.360. The number of benzene rings is 3. The molecule has 2 saturated heterocycles. The van der Waals surface area contributed by atoms with Gasteiger partial charge in [0.2, 0.25) is 0 Å². The Morgan fingerprint density at radius 1 is 1.00 bits per heavy atom. The van der Waals surface area contributed by atoms with Crippen molar-refractivity contribution in [2.24, 2.45) is 5.41 Å². The van der Waals surface area contributed by atoms with E-state index in [0.717, 1.165) is 70.3 Å². The summed E-state index contributed by atoms with van der Waals surface area (Å²) in [6.07, 6.45) is 5.74. The predicted octanol–water partition coefficient (Wildman–Crippen LogP) is 6.42. The third-order valence-electron chi connectivity index (χ3n) is 9.60. The molecule has 6 nitrogen and oxygen atoms in total. The van der Waals surface area contributed by atoms with Gasteiger partial charge >= 0.3 is 0 Å². The fourth-order valence-corrected chi connectivity index (χ4v) is 7.15. The van der Waals surface area contributed by atoms with Crippen LogP contribution >= 0.6 is 11.6 Å². The van der Waals surface area contributed by atoms with E-state index in [1.54, 1.807) is 37.4 Å². The molecular formula is C34H37ClFN3O3. The second-order valence-electron chi connectivity index (χ2n) is 11.9. The fraction of sp³-hybridized carbons (Fsp3) is 0.412. The molecule has 1 spiro atoms. The third-order valence-corrected chi connectivity index (χ3v) is 9.93. The summed E-state index contributed by atoms with van der Waals surface area (Å²) in [7, 11) is 1.58. The first-order chi connectivity index (χ1) is 20.4. The van der Waals surface area contributed by atoms with Crippen molar-refractivity contribution in [3.05, 3.63) is 99.3 Å². The van der Waals surface area contributed by atoms with Gasteiger partial charge in [0.1, 0.15) is 11.6 Å². The van der Waals surface area contributed by atoms with Gasteiger partial charge in [0.05, 0.1) is 23.7 Å². The van der Waals surface area contributed by atoms with E-state index in [2.05, 4.69) is 10.2 Å². The topological polar surface area (TPSA) is 61.9 Å². The Kier molecular flexibility index (Phi) is 8.24. The van der Waals surface area contributed by atoms with E-state index in [-0.39, 0.29) is 29.1 Å². The monoisotopic (exact) mass is 589 g/mol. The smallest absolute Gasteiger partial charge is 0.253 e. The van der Waals surface area contributed by atoms with E-state index in [1.165, 1.54) is 11.6 Å². The number of carbonyl (C=O) groups is 2. The van der Waals surface area contributed by atoms with Crippen molar-refractivity contribution in [3.63, 3.8) is 0 Å². The van der Waals surface area contributed by atoms with E-state index < -0.39 is 0 Å². The second kappa shape index (κ2) is 12.1. The zero-order chi connectivity index (χ0) is 29.3. The average molecular weight is 590 g/mol. The first-order valence-electron chi connectivity index (χ1n) is 14.9. The van der Waals surface area contributed by atoms with Gasteiger partial charge in [0.25, 0.3) is 11.8 Å². The van der Waals surface area contributed by atoms with E-state index in [0.29, 0.717) is 34.0 Å². The molecule has 0 radical (unpaired) electrons. The van der Waals surface area contributed by atoms with Crippen molar-refractivity contribution in [2.75, 3.05) is 33.3 Å². The van der Waals surface area contributed by atoms with Crippen molar-refractivity contribution >= 4 is 23.4 Å². The van der Waals surface area contributed by atoms with Crippen LogP contribution < -0.4 is 10.1 Å². The summed E-state index contributed by atoms with van der Waals surface area (Å²) in [5.41, 5.74) is 4.19. The fourth-order valence-electron chi connectivity index (χ4n) is 6.93. The summed E-state index contributed by atoms with van der Waals surface area (Å²) in [6.45, 7) is 3.86. The molecule has 42 heavy (non-hydrogen) atoms. The SMILES string of the molecule is COc1cccc(F)c1CN1CCC2(CC1)CCN(C(=O)c1ccc3c(c1)C(NC(=O)c1ccccc1Cl)CC3)CC2. The molecule has 3 aromatic rings. The van der Waals surface area contributed by atoms with E-state index in [9.17, 15) is 14.0 Å². The maximum absolute atomic E-state index is 14.5. The molecule has 0 saturated carbocycles. The molecule has 2 amide bonds. The Hall–Kier alpha value is -3.42. The van der Waals surface area contributed by atoms with E-state index >= 15 is 0 Å². The molecule has 3 aliphatic rings. The highest BCUT2D eigenvalue weighted by Crippen LogP contribution is 2.42. The van der Waals surface area contributed by atoms with Gasteiger partial charge in [-0.2, -0.15) is 0 Å². The first-order valence-corrected chi connectivity index (χ1v) is 15.2. The Labute approximate surface area is 251 Å². The van der Waals surface area contributed by atoms with Gasteiger partial charge < -0.3 is 15.0 Å². The maximum Gasteiger partial charge on any atom is 0.253 e. The summed E-state index contributed by atoms with van der Waals surface area (Å²) in [5.74, 6) is 0.237. The maximum atomic E-state index is 14.5. The number of aryl methyl sites for hydroxylation is 1. The van der Waals surface area contributed by atoms with Crippen LogP contribution in [0.4, 0.5) is 4.39 Å². The average Bonchev–Trinajstić information content (AvgIpc) is 3.41. The lowest BCUT2D eigenvalue weighted by molar-refractivity contribution is 0.0281. The van der Waals surface area contributed by atoms with Crippen molar-refractivity contribution in [3.8, 4) is 5.75 Å². The van der Waals surface area contributed by atoms with Crippen molar-refractivity contribution < 1.29 is 18.7 Å². The third kappa shape index (κ3) is 5.77. The highest BCUT2D eigenvalue weighted by Gasteiger charge is 2.39. The minimum Gasteiger partial charge on any atom is -0.496 e. The van der Waals surface area contributed by atoms with Crippen molar-refractivity contribution in [1.82, 2.24) is 15.1 Å². The number of hydrogen-bond acceptors (Lipinski definition) is 4. The van der Waals surface area contributed by atoms with E-state index in [1.807, 2.05) is 29.2 Å². The van der Waals surface area contributed by atoms with Crippen LogP contribution in [0, 0.1) is 11.2 Å². The zero-order valence-electron chi connectivity index (χ0n) is 24.0. The Balaban J connectivity index is 1.05. The van der Waals surface area contributed by atoms with Crippen LogP contribution in [-0.2, 0) is 13.0 Å². The Morgan fingerprint density at radius 2 is 1.74 bits per heavy atom. The van der Waals surface area contributed by atoms with Crippen LogP contribution in [0.3, 0.4) is 0 Å². The number of methoxy groups -OCH3 is 1. The number of hydrogen-bond donors (Lipinski definition) is 1. The number of nitrogens with one attached hydrogen (secondary N) is 1. The van der Waals surface area contributed by atoms with Crippen molar-refractivity contribution in [1.29, 1.82) is 0 Å². The van der Waals surface area contributed by atoms with Gasteiger partial charge in [0, 0.05) is 30.8 Å². The number of carbonyl (C=O) groups excluding carboxylic acids is 2. The molecular weight excluding hydrogens is 553 g/mol. The lowest BCUT2D eigenvalue weighted by atomic mass is 9.71. The van der Waals surface area contributed by atoms with Gasteiger partial charge in [-0.1, -0.05) is 35.9 Å². The largest absolute Gasteiger partial charge is 0.496 e. The minimum absolute atomic E-state index is 0.0554. The first kappa shape index (κ1) is 28.7. The number of halogens is 2. The number of rotatable bonds is 6. The van der Waals surface area contributed by atoms with Gasteiger partial charge in [-0.05, 0) is 105 Å². The molecule has 2 heterocycles. The molecule has 0 bridgehead atoms. The number of amides is 2. The Morgan fingerprint density at radius 3 is 2.48 bits per heavy atom. The summed E-state index contributed by atoms with van der Waals surface area (Å²) in [5, 5.41) is 3.55. The summed E-state index contributed by atoms with van der Waals surface area (Å²) in [4.78, 5) is 30.8. The van der Waals surface area contributed by atoms with Crippen LogP contribution in [0.5, 0.6) is 5.75 Å². The van der Waals surface area contributed by atoms with Crippen LogP contribution in [0.15, 0.2) is 60.7 Å². The highest BCUT2D eigenvalue weighted by atomic mass is 35.5. The van der Waals surface area contributed by atoms with Crippen molar-refractivity contribution in [2.45, 2.75) is 51.1 Å². The van der Waals surface area contributed by atoms with Crippen LogP contribution in [-0.4, -0.2) is 54.9 Å². The molecule has 1 unspecified atom stereocenters. The van der Waals surface area contributed by atoms with Gasteiger partial charge in [-0.3, -0.25) is 14.5 Å². The molecule has 8 heteroatoms. The number of likely N-dealkylation sites (tertiary alicyclic amines) is 2. The number of ether oxygens (including phenoxy) is 1. The van der Waals surface area contributed by atoms with Gasteiger partial charge in [-0.25, -0.2) is 4.39 Å². The van der Waals surface area contributed by atoms with E-state index in [4.69, 9.17) is 16.3 Å². The Bertz CT molecular complexity index is 1480. The zero-order valence-corrected chi connectivity index (χ0v) is 24.8. The summed E-state index contributed by atoms with van der Waals surface area (Å²) >= 11 is 6.24. The molecule has 1 aliphatic carbocycles. The molecule has 3 aromatic carbocycles. The van der Waals surface area contributed by atoms with Crippen LogP contribution in [0.25, 0.3) is 0 Å². The highest BCUT2D eigenvalue weighted by molar-refractivity contribution is 6.33. The standard InChI is InChI=1S/C34H37ClFN3O3/c1-42-31-8-4-7-29(36)27(31)22-38-17-13-34(14-18-38)15-19-39(20-16-34)33(41)24-10-9-23-11-12-30(26(23)21-24)37-32(40)25-5-2-3-6-28(25)35/h2-10,21,30H,11-20,22H2,1H3,(H,37,40).